The number of hydrogen-bond acceptors (Lipinski definition) is 3. The Morgan fingerprint density at radius 1 is 1.39 bits per heavy atom. The highest BCUT2D eigenvalue weighted by atomic mass is 79.9. The van der Waals surface area contributed by atoms with E-state index < -0.39 is 5.51 Å². The van der Waals surface area contributed by atoms with Crippen molar-refractivity contribution in [2.75, 3.05) is 11.6 Å². The van der Waals surface area contributed by atoms with Gasteiger partial charge in [0.25, 0.3) is 0 Å². The molecule has 0 heterocycles. The van der Waals surface area contributed by atoms with E-state index in [1.54, 1.807) is 18.4 Å². The van der Waals surface area contributed by atoms with Gasteiger partial charge in [-0.3, -0.25) is 4.79 Å². The van der Waals surface area contributed by atoms with Gasteiger partial charge in [0, 0.05) is 16.2 Å². The summed E-state index contributed by atoms with van der Waals surface area (Å²) in [6.45, 7) is 0. The lowest BCUT2D eigenvalue weighted by Crippen LogP contribution is -2.06. The van der Waals surface area contributed by atoms with Gasteiger partial charge in [0.1, 0.15) is 5.78 Å². The molecular formula is C11H10BrF3OS2. The SMILES string of the molecule is CSc1c(CC(=O)CBr)cccc1SC(F)(F)F. The van der Waals surface area contributed by atoms with Gasteiger partial charge in [0.2, 0.25) is 0 Å². The summed E-state index contributed by atoms with van der Waals surface area (Å²) in [7, 11) is 0. The second kappa shape index (κ2) is 6.86. The second-order valence-corrected chi connectivity index (χ2v) is 5.83. The highest BCUT2D eigenvalue weighted by Gasteiger charge is 2.30. The Balaban J connectivity index is 3.06. The van der Waals surface area contributed by atoms with Gasteiger partial charge in [-0.25, -0.2) is 0 Å². The van der Waals surface area contributed by atoms with Crippen molar-refractivity contribution in [3.05, 3.63) is 23.8 Å². The van der Waals surface area contributed by atoms with Crippen LogP contribution >= 0.6 is 39.5 Å². The first-order chi connectivity index (χ1) is 8.37. The number of ketones is 1. The molecule has 0 amide bonds. The third kappa shape index (κ3) is 4.85. The Morgan fingerprint density at radius 2 is 2.06 bits per heavy atom. The number of alkyl halides is 4. The molecule has 0 saturated heterocycles. The van der Waals surface area contributed by atoms with Gasteiger partial charge in [0.05, 0.1) is 5.33 Å². The van der Waals surface area contributed by atoms with Crippen LogP contribution in [0.3, 0.4) is 0 Å². The van der Waals surface area contributed by atoms with Crippen LogP contribution in [0.2, 0.25) is 0 Å². The lowest BCUT2D eigenvalue weighted by atomic mass is 10.1. The van der Waals surface area contributed by atoms with Crippen LogP contribution in [0, 0.1) is 0 Å². The normalized spacial score (nSPS) is 11.6. The molecule has 1 aromatic carbocycles. The summed E-state index contributed by atoms with van der Waals surface area (Å²) in [5, 5.41) is 0.206. The van der Waals surface area contributed by atoms with Gasteiger partial charge >= 0.3 is 5.51 Å². The van der Waals surface area contributed by atoms with Crippen LogP contribution in [0.25, 0.3) is 0 Å². The summed E-state index contributed by atoms with van der Waals surface area (Å²) < 4.78 is 37.2. The molecule has 0 aliphatic heterocycles. The minimum absolute atomic E-state index is 0.0561. The maximum atomic E-state index is 12.4. The first-order valence-corrected chi connectivity index (χ1v) is 8.03. The van der Waals surface area contributed by atoms with E-state index in [1.807, 2.05) is 0 Å². The topological polar surface area (TPSA) is 17.1 Å². The van der Waals surface area contributed by atoms with Gasteiger partial charge < -0.3 is 0 Å². The number of benzene rings is 1. The maximum Gasteiger partial charge on any atom is 0.446 e. The van der Waals surface area contributed by atoms with Crippen LogP contribution in [-0.4, -0.2) is 22.9 Å². The number of hydrogen-bond donors (Lipinski definition) is 0. The molecule has 0 spiro atoms. The Morgan fingerprint density at radius 3 is 2.56 bits per heavy atom. The summed E-state index contributed by atoms with van der Waals surface area (Å²) in [4.78, 5) is 12.0. The van der Waals surface area contributed by atoms with Crippen molar-refractivity contribution in [3.63, 3.8) is 0 Å². The van der Waals surface area contributed by atoms with E-state index in [4.69, 9.17) is 0 Å². The highest BCUT2D eigenvalue weighted by Crippen LogP contribution is 2.42. The standard InChI is InChI=1S/C11H10BrF3OS2/c1-17-10-7(5-8(16)6-12)3-2-4-9(10)18-11(13,14)15/h2-4H,5-6H2,1H3. The Hall–Kier alpha value is -0.140. The molecule has 18 heavy (non-hydrogen) atoms. The molecule has 0 aliphatic carbocycles. The number of thioether (sulfide) groups is 2. The fraction of sp³-hybridized carbons (Fsp3) is 0.364. The molecule has 0 radical (unpaired) electrons. The summed E-state index contributed by atoms with van der Waals surface area (Å²) in [5.41, 5.74) is -3.68. The van der Waals surface area contributed by atoms with Crippen molar-refractivity contribution in [1.82, 2.24) is 0 Å². The quantitative estimate of drug-likeness (QED) is 0.568. The van der Waals surface area contributed by atoms with Gasteiger partial charge in [-0.15, -0.1) is 11.8 Å². The molecule has 7 heteroatoms. The molecule has 0 saturated carbocycles. The van der Waals surface area contributed by atoms with Crippen molar-refractivity contribution < 1.29 is 18.0 Å². The summed E-state index contributed by atoms with van der Waals surface area (Å²) >= 11 is 4.13. The van der Waals surface area contributed by atoms with E-state index >= 15 is 0 Å². The average molecular weight is 359 g/mol. The van der Waals surface area contributed by atoms with Crippen molar-refractivity contribution in [2.45, 2.75) is 21.7 Å². The van der Waals surface area contributed by atoms with Crippen molar-refractivity contribution >= 4 is 45.2 Å². The van der Waals surface area contributed by atoms with Crippen LogP contribution in [0.1, 0.15) is 5.56 Å². The number of rotatable bonds is 5. The van der Waals surface area contributed by atoms with Crippen LogP contribution in [0.15, 0.2) is 28.0 Å². The molecule has 100 valence electrons. The summed E-state index contributed by atoms with van der Waals surface area (Å²) in [6.07, 6.45) is 1.85. The predicted octanol–water partition coefficient (Wildman–Crippen LogP) is 4.53. The fourth-order valence-electron chi connectivity index (χ4n) is 1.40. The predicted molar refractivity (Wildman–Crippen MR) is 72.6 cm³/mol. The van der Waals surface area contributed by atoms with Crippen LogP contribution in [0.4, 0.5) is 13.2 Å². The van der Waals surface area contributed by atoms with E-state index in [0.717, 1.165) is 0 Å². The molecule has 0 unspecified atom stereocenters. The molecule has 1 aromatic rings. The fourth-order valence-corrected chi connectivity index (χ4v) is 3.26. The smallest absolute Gasteiger partial charge is 0.298 e. The summed E-state index contributed by atoms with van der Waals surface area (Å²) in [5.74, 6) is -0.0561. The number of carbonyl (C=O) groups is 1. The van der Waals surface area contributed by atoms with Crippen LogP contribution in [-0.2, 0) is 11.2 Å². The first-order valence-electron chi connectivity index (χ1n) is 4.86. The van der Waals surface area contributed by atoms with Gasteiger partial charge in [-0.1, -0.05) is 28.1 Å². The van der Waals surface area contributed by atoms with Crippen molar-refractivity contribution in [1.29, 1.82) is 0 Å². The summed E-state index contributed by atoms with van der Waals surface area (Å²) in [6, 6.07) is 4.66. The van der Waals surface area contributed by atoms with E-state index in [0.29, 0.717) is 10.5 Å². The zero-order valence-electron chi connectivity index (χ0n) is 9.38. The largest absolute Gasteiger partial charge is 0.446 e. The molecule has 0 fully saturated rings. The zero-order valence-corrected chi connectivity index (χ0v) is 12.6. The zero-order chi connectivity index (χ0) is 13.8. The Kier molecular flexibility index (Phi) is 6.07. The van der Waals surface area contributed by atoms with E-state index in [9.17, 15) is 18.0 Å². The minimum atomic E-state index is -4.32. The number of Topliss-reactive ketones (excluding diaryl/α,β-unsaturated/α-hetero) is 1. The third-order valence-corrected chi connectivity index (χ3v) is 4.46. The van der Waals surface area contributed by atoms with Gasteiger partial charge in [0.15, 0.2) is 0 Å². The van der Waals surface area contributed by atoms with E-state index in [-0.39, 0.29) is 34.2 Å². The molecule has 1 rings (SSSR count). The van der Waals surface area contributed by atoms with Gasteiger partial charge in [-0.05, 0) is 29.6 Å². The Bertz CT molecular complexity index is 435. The maximum absolute atomic E-state index is 12.4. The number of carbonyl (C=O) groups excluding carboxylic acids is 1. The van der Waals surface area contributed by atoms with Crippen molar-refractivity contribution in [3.8, 4) is 0 Å². The molecular weight excluding hydrogens is 349 g/mol. The molecule has 0 aliphatic rings. The highest BCUT2D eigenvalue weighted by molar-refractivity contribution is 9.09. The lowest BCUT2D eigenvalue weighted by molar-refractivity contribution is -0.115. The lowest BCUT2D eigenvalue weighted by Gasteiger charge is -2.13. The molecule has 0 N–H and O–H groups in total. The molecule has 0 atom stereocenters. The van der Waals surface area contributed by atoms with E-state index in [2.05, 4.69) is 15.9 Å². The monoisotopic (exact) mass is 358 g/mol. The molecule has 0 bridgehead atoms. The minimum Gasteiger partial charge on any atom is -0.298 e. The molecule has 1 nitrogen and oxygen atoms in total. The first kappa shape index (κ1) is 15.9. The van der Waals surface area contributed by atoms with Crippen LogP contribution < -0.4 is 0 Å². The Labute approximate surface area is 120 Å². The van der Waals surface area contributed by atoms with Crippen molar-refractivity contribution in [2.24, 2.45) is 0 Å². The van der Waals surface area contributed by atoms with Crippen LogP contribution in [0.5, 0.6) is 0 Å². The van der Waals surface area contributed by atoms with E-state index in [1.165, 1.54) is 17.8 Å². The second-order valence-electron chi connectivity index (χ2n) is 3.35. The number of halogens is 4. The average Bonchev–Trinajstić information content (AvgIpc) is 2.27. The third-order valence-electron chi connectivity index (χ3n) is 2.03. The molecule has 0 aromatic heterocycles. The van der Waals surface area contributed by atoms with Gasteiger partial charge in [-0.2, -0.15) is 13.2 Å².